The van der Waals surface area contributed by atoms with Gasteiger partial charge in [-0.05, 0) is 25.0 Å². The van der Waals surface area contributed by atoms with Crippen LogP contribution in [0.3, 0.4) is 0 Å². The minimum Gasteiger partial charge on any atom is -0.469 e. The van der Waals surface area contributed by atoms with E-state index in [-0.39, 0.29) is 24.2 Å². The average Bonchev–Trinajstić information content (AvgIpc) is 2.78. The summed E-state index contributed by atoms with van der Waals surface area (Å²) in [4.78, 5) is 36.4. The van der Waals surface area contributed by atoms with Gasteiger partial charge in [-0.25, -0.2) is 4.90 Å². The average molecular weight is 287 g/mol. The second-order valence-electron chi connectivity index (χ2n) is 4.74. The zero-order chi connectivity index (χ0) is 15.2. The molecule has 1 aromatic rings. The van der Waals surface area contributed by atoms with E-state index < -0.39 is 0 Å². The molecule has 1 fully saturated rings. The molecule has 1 aliphatic rings. The molecular weight excluding hydrogens is 270 g/mol. The van der Waals surface area contributed by atoms with Gasteiger partial charge in [0.25, 0.3) is 5.91 Å². The SMILES string of the molecule is COC(=O)CCC/C=C1\CC(=O)N(c2ccccc2)C1=O. The molecule has 0 saturated carbocycles. The minimum atomic E-state index is -0.274. The van der Waals surface area contributed by atoms with Crippen molar-refractivity contribution in [3.8, 4) is 0 Å². The van der Waals surface area contributed by atoms with Crippen molar-refractivity contribution < 1.29 is 19.1 Å². The molecule has 2 amide bonds. The quantitative estimate of drug-likeness (QED) is 0.360. The van der Waals surface area contributed by atoms with Gasteiger partial charge in [-0.3, -0.25) is 14.4 Å². The normalized spacial score (nSPS) is 16.6. The Morgan fingerprint density at radius 2 is 2.00 bits per heavy atom. The van der Waals surface area contributed by atoms with Crippen LogP contribution in [-0.2, 0) is 19.1 Å². The summed E-state index contributed by atoms with van der Waals surface area (Å²) in [5.41, 5.74) is 1.08. The van der Waals surface area contributed by atoms with Crippen LogP contribution in [-0.4, -0.2) is 24.9 Å². The molecular formula is C16H17NO4. The first-order valence-electron chi connectivity index (χ1n) is 6.81. The second kappa shape index (κ2) is 6.83. The van der Waals surface area contributed by atoms with Crippen molar-refractivity contribution in [1.82, 2.24) is 0 Å². The molecule has 1 aliphatic heterocycles. The van der Waals surface area contributed by atoms with Crippen LogP contribution < -0.4 is 4.90 Å². The zero-order valence-electron chi connectivity index (χ0n) is 11.9. The van der Waals surface area contributed by atoms with Crippen LogP contribution in [0.2, 0.25) is 0 Å². The second-order valence-corrected chi connectivity index (χ2v) is 4.74. The maximum Gasteiger partial charge on any atom is 0.305 e. The minimum absolute atomic E-state index is 0.117. The van der Waals surface area contributed by atoms with Crippen molar-refractivity contribution in [2.75, 3.05) is 12.0 Å². The Bertz CT molecular complexity index is 577. The number of methoxy groups -OCH3 is 1. The van der Waals surface area contributed by atoms with Crippen LogP contribution in [0.4, 0.5) is 5.69 Å². The number of hydrogen-bond donors (Lipinski definition) is 0. The number of imide groups is 1. The Labute approximate surface area is 123 Å². The molecule has 1 aromatic carbocycles. The Morgan fingerprint density at radius 3 is 2.67 bits per heavy atom. The third-order valence-electron chi connectivity index (χ3n) is 3.29. The van der Waals surface area contributed by atoms with E-state index in [0.717, 1.165) is 0 Å². The van der Waals surface area contributed by atoms with Crippen molar-refractivity contribution in [2.24, 2.45) is 0 Å². The van der Waals surface area contributed by atoms with Gasteiger partial charge >= 0.3 is 5.97 Å². The van der Waals surface area contributed by atoms with E-state index in [2.05, 4.69) is 4.74 Å². The summed E-state index contributed by atoms with van der Waals surface area (Å²) in [7, 11) is 1.34. The summed E-state index contributed by atoms with van der Waals surface area (Å²) < 4.78 is 4.55. The first-order chi connectivity index (χ1) is 10.1. The molecule has 0 unspecified atom stereocenters. The molecule has 110 valence electrons. The summed E-state index contributed by atoms with van der Waals surface area (Å²) in [6, 6.07) is 8.87. The number of ether oxygens (including phenoxy) is 1. The van der Waals surface area contributed by atoms with Gasteiger partial charge in [0, 0.05) is 12.0 Å². The molecule has 0 spiro atoms. The largest absolute Gasteiger partial charge is 0.469 e. The van der Waals surface area contributed by atoms with Gasteiger partial charge in [-0.15, -0.1) is 0 Å². The monoisotopic (exact) mass is 287 g/mol. The molecule has 21 heavy (non-hydrogen) atoms. The van der Waals surface area contributed by atoms with Gasteiger partial charge in [0.15, 0.2) is 0 Å². The lowest BCUT2D eigenvalue weighted by atomic mass is 10.1. The molecule has 0 bridgehead atoms. The van der Waals surface area contributed by atoms with E-state index in [0.29, 0.717) is 30.5 Å². The number of amides is 2. The van der Waals surface area contributed by atoms with E-state index in [4.69, 9.17) is 0 Å². The molecule has 1 heterocycles. The molecule has 2 rings (SSSR count). The fourth-order valence-electron chi connectivity index (χ4n) is 2.20. The number of allylic oxidation sites excluding steroid dienone is 1. The highest BCUT2D eigenvalue weighted by Crippen LogP contribution is 2.26. The number of unbranched alkanes of at least 4 members (excludes halogenated alkanes) is 1. The summed E-state index contributed by atoms with van der Waals surface area (Å²) in [6.07, 6.45) is 3.35. The fraction of sp³-hybridized carbons (Fsp3) is 0.312. The number of para-hydroxylation sites is 1. The summed E-state index contributed by atoms with van der Waals surface area (Å²) in [5, 5.41) is 0. The third kappa shape index (κ3) is 3.56. The number of esters is 1. The number of hydrogen-bond acceptors (Lipinski definition) is 4. The lowest BCUT2D eigenvalue weighted by Crippen LogP contribution is -2.28. The smallest absolute Gasteiger partial charge is 0.305 e. The summed E-state index contributed by atoms with van der Waals surface area (Å²) in [5.74, 6) is -0.761. The topological polar surface area (TPSA) is 63.7 Å². The first-order valence-corrected chi connectivity index (χ1v) is 6.81. The van der Waals surface area contributed by atoms with E-state index in [1.165, 1.54) is 12.0 Å². The van der Waals surface area contributed by atoms with Crippen molar-refractivity contribution in [3.05, 3.63) is 42.0 Å². The van der Waals surface area contributed by atoms with Crippen LogP contribution in [0.15, 0.2) is 42.0 Å². The van der Waals surface area contributed by atoms with Crippen LogP contribution in [0.1, 0.15) is 25.7 Å². The van der Waals surface area contributed by atoms with Crippen molar-refractivity contribution in [1.29, 1.82) is 0 Å². The Kier molecular flexibility index (Phi) is 4.87. The van der Waals surface area contributed by atoms with Gasteiger partial charge in [0.2, 0.25) is 5.91 Å². The van der Waals surface area contributed by atoms with E-state index in [9.17, 15) is 14.4 Å². The maximum absolute atomic E-state index is 12.2. The van der Waals surface area contributed by atoms with E-state index >= 15 is 0 Å². The van der Waals surface area contributed by atoms with Gasteiger partial charge in [-0.1, -0.05) is 24.3 Å². The van der Waals surface area contributed by atoms with Crippen molar-refractivity contribution >= 4 is 23.5 Å². The predicted octanol–water partition coefficient (Wildman–Crippen LogP) is 2.22. The van der Waals surface area contributed by atoms with Crippen LogP contribution in [0.5, 0.6) is 0 Å². The third-order valence-corrected chi connectivity index (χ3v) is 3.29. The highest BCUT2D eigenvalue weighted by molar-refractivity contribution is 6.28. The van der Waals surface area contributed by atoms with E-state index in [1.807, 2.05) is 6.07 Å². The predicted molar refractivity (Wildman–Crippen MR) is 77.5 cm³/mol. The zero-order valence-corrected chi connectivity index (χ0v) is 11.9. The Balaban J connectivity index is 2.00. The van der Waals surface area contributed by atoms with Crippen LogP contribution in [0, 0.1) is 0 Å². The standard InChI is InChI=1S/C16H17NO4/c1-21-15(19)10-6-5-7-12-11-14(18)17(16(12)20)13-8-3-2-4-9-13/h2-4,7-9H,5-6,10-11H2,1H3/b12-7+. The molecule has 0 radical (unpaired) electrons. The number of nitrogens with zero attached hydrogens (tertiary/aromatic N) is 1. The lowest BCUT2D eigenvalue weighted by Gasteiger charge is -2.12. The van der Waals surface area contributed by atoms with Gasteiger partial charge in [0.1, 0.15) is 0 Å². The molecule has 0 atom stereocenters. The van der Waals surface area contributed by atoms with E-state index in [1.54, 1.807) is 30.3 Å². The molecule has 0 aliphatic carbocycles. The number of anilines is 1. The highest BCUT2D eigenvalue weighted by Gasteiger charge is 2.34. The number of carbonyl (C=O) groups excluding carboxylic acids is 3. The number of carbonyl (C=O) groups is 3. The number of rotatable bonds is 5. The molecule has 5 heteroatoms. The Morgan fingerprint density at radius 1 is 1.29 bits per heavy atom. The molecule has 5 nitrogen and oxygen atoms in total. The molecule has 0 aromatic heterocycles. The van der Waals surface area contributed by atoms with Crippen molar-refractivity contribution in [2.45, 2.75) is 25.7 Å². The fourth-order valence-corrected chi connectivity index (χ4v) is 2.20. The van der Waals surface area contributed by atoms with Gasteiger partial charge < -0.3 is 4.74 Å². The highest BCUT2D eigenvalue weighted by atomic mass is 16.5. The summed E-state index contributed by atoms with van der Waals surface area (Å²) in [6.45, 7) is 0. The summed E-state index contributed by atoms with van der Waals surface area (Å²) >= 11 is 0. The van der Waals surface area contributed by atoms with Gasteiger partial charge in [-0.2, -0.15) is 0 Å². The van der Waals surface area contributed by atoms with Crippen molar-refractivity contribution in [3.63, 3.8) is 0 Å². The van der Waals surface area contributed by atoms with Gasteiger partial charge in [0.05, 0.1) is 19.2 Å². The molecule has 1 saturated heterocycles. The molecule has 0 N–H and O–H groups in total. The Hall–Kier alpha value is -2.43. The lowest BCUT2D eigenvalue weighted by molar-refractivity contribution is -0.140. The number of benzene rings is 1. The first kappa shape index (κ1) is 15.0. The maximum atomic E-state index is 12.2. The van der Waals surface area contributed by atoms with Crippen LogP contribution >= 0.6 is 0 Å². The van der Waals surface area contributed by atoms with Crippen LogP contribution in [0.25, 0.3) is 0 Å².